The molecular weight excluding hydrogens is 286 g/mol. The van der Waals surface area contributed by atoms with Gasteiger partial charge in [-0.15, -0.1) is 0 Å². The SMILES string of the molecule is CCC(C)N(CC)c1cc(Cl)ccc1CBr. The van der Waals surface area contributed by atoms with Gasteiger partial charge in [0.15, 0.2) is 0 Å². The minimum Gasteiger partial charge on any atom is -0.369 e. The lowest BCUT2D eigenvalue weighted by Crippen LogP contribution is -2.32. The van der Waals surface area contributed by atoms with E-state index in [2.05, 4.69) is 53.7 Å². The smallest absolute Gasteiger partial charge is 0.0426 e. The Bertz CT molecular complexity index is 341. The molecule has 0 aliphatic rings. The lowest BCUT2D eigenvalue weighted by atomic mass is 10.1. The van der Waals surface area contributed by atoms with Crippen molar-refractivity contribution in [3.05, 3.63) is 28.8 Å². The minimum atomic E-state index is 0.543. The molecule has 0 bridgehead atoms. The maximum absolute atomic E-state index is 6.08. The Hall–Kier alpha value is -0.210. The second kappa shape index (κ2) is 6.51. The molecule has 0 aliphatic carbocycles. The molecule has 1 atom stereocenters. The zero-order valence-electron chi connectivity index (χ0n) is 10.1. The number of halogens is 2. The summed E-state index contributed by atoms with van der Waals surface area (Å²) in [5, 5.41) is 1.67. The van der Waals surface area contributed by atoms with Crippen molar-refractivity contribution in [1.82, 2.24) is 0 Å². The Morgan fingerprint density at radius 2 is 2.06 bits per heavy atom. The average Bonchev–Trinajstić information content (AvgIpc) is 2.30. The monoisotopic (exact) mass is 303 g/mol. The lowest BCUT2D eigenvalue weighted by Gasteiger charge is -2.31. The molecular formula is C13H19BrClN. The van der Waals surface area contributed by atoms with Gasteiger partial charge in [0.25, 0.3) is 0 Å². The van der Waals surface area contributed by atoms with Gasteiger partial charge in [-0.05, 0) is 38.0 Å². The summed E-state index contributed by atoms with van der Waals surface area (Å²) < 4.78 is 0. The van der Waals surface area contributed by atoms with Gasteiger partial charge in [0.2, 0.25) is 0 Å². The third-order valence-corrected chi connectivity index (χ3v) is 3.80. The summed E-state index contributed by atoms with van der Waals surface area (Å²) in [5.41, 5.74) is 2.55. The second-order valence-electron chi connectivity index (χ2n) is 3.95. The van der Waals surface area contributed by atoms with Crippen LogP contribution in [0.3, 0.4) is 0 Å². The number of nitrogens with zero attached hydrogens (tertiary/aromatic N) is 1. The van der Waals surface area contributed by atoms with Gasteiger partial charge in [-0.25, -0.2) is 0 Å². The van der Waals surface area contributed by atoms with E-state index >= 15 is 0 Å². The van der Waals surface area contributed by atoms with Gasteiger partial charge >= 0.3 is 0 Å². The number of rotatable bonds is 5. The molecule has 1 nitrogen and oxygen atoms in total. The minimum absolute atomic E-state index is 0.543. The van der Waals surface area contributed by atoms with Crippen LogP contribution in [0.15, 0.2) is 18.2 Å². The first kappa shape index (κ1) is 13.9. The van der Waals surface area contributed by atoms with Gasteiger partial charge in [0.05, 0.1) is 0 Å². The normalized spacial score (nSPS) is 12.6. The molecule has 16 heavy (non-hydrogen) atoms. The molecule has 0 aromatic heterocycles. The largest absolute Gasteiger partial charge is 0.369 e. The fourth-order valence-electron chi connectivity index (χ4n) is 1.86. The zero-order valence-corrected chi connectivity index (χ0v) is 12.5. The van der Waals surface area contributed by atoms with E-state index in [9.17, 15) is 0 Å². The molecule has 0 heterocycles. The van der Waals surface area contributed by atoms with Crippen LogP contribution in [0.1, 0.15) is 32.8 Å². The van der Waals surface area contributed by atoms with Crippen molar-refractivity contribution in [2.24, 2.45) is 0 Å². The molecule has 0 radical (unpaired) electrons. The fraction of sp³-hybridized carbons (Fsp3) is 0.538. The van der Waals surface area contributed by atoms with Crippen LogP contribution in [0, 0.1) is 0 Å². The number of benzene rings is 1. The first-order chi connectivity index (χ1) is 7.63. The van der Waals surface area contributed by atoms with Crippen LogP contribution < -0.4 is 4.90 Å². The van der Waals surface area contributed by atoms with Crippen molar-refractivity contribution in [2.45, 2.75) is 38.6 Å². The molecule has 3 heteroatoms. The number of hydrogen-bond donors (Lipinski definition) is 0. The van der Waals surface area contributed by atoms with E-state index in [1.54, 1.807) is 0 Å². The predicted molar refractivity (Wildman–Crippen MR) is 76.9 cm³/mol. The second-order valence-corrected chi connectivity index (χ2v) is 4.95. The van der Waals surface area contributed by atoms with Crippen LogP contribution in [0.25, 0.3) is 0 Å². The number of anilines is 1. The summed E-state index contributed by atoms with van der Waals surface area (Å²) in [7, 11) is 0. The highest BCUT2D eigenvalue weighted by atomic mass is 79.9. The molecule has 0 fully saturated rings. The summed E-state index contributed by atoms with van der Waals surface area (Å²) in [6.45, 7) is 7.66. The van der Waals surface area contributed by atoms with Gasteiger partial charge in [0, 0.05) is 28.6 Å². The zero-order chi connectivity index (χ0) is 12.1. The summed E-state index contributed by atoms with van der Waals surface area (Å²) >= 11 is 9.61. The van der Waals surface area contributed by atoms with Gasteiger partial charge in [-0.2, -0.15) is 0 Å². The highest BCUT2D eigenvalue weighted by Crippen LogP contribution is 2.28. The summed E-state index contributed by atoms with van der Waals surface area (Å²) in [5.74, 6) is 0. The molecule has 0 N–H and O–H groups in total. The molecule has 1 unspecified atom stereocenters. The molecule has 1 aromatic rings. The maximum atomic E-state index is 6.08. The summed E-state index contributed by atoms with van der Waals surface area (Å²) in [6, 6.07) is 6.65. The van der Waals surface area contributed by atoms with Crippen LogP contribution in [0.5, 0.6) is 0 Å². The van der Waals surface area contributed by atoms with E-state index in [1.807, 2.05) is 6.07 Å². The van der Waals surface area contributed by atoms with E-state index in [0.717, 1.165) is 23.3 Å². The highest BCUT2D eigenvalue weighted by Gasteiger charge is 2.14. The molecule has 1 aromatic carbocycles. The summed E-state index contributed by atoms with van der Waals surface area (Å²) in [6.07, 6.45) is 1.14. The highest BCUT2D eigenvalue weighted by molar-refractivity contribution is 9.08. The Labute approximate surface area is 112 Å². The van der Waals surface area contributed by atoms with Crippen molar-refractivity contribution in [3.8, 4) is 0 Å². The van der Waals surface area contributed by atoms with E-state index in [0.29, 0.717) is 6.04 Å². The molecule has 0 aliphatic heterocycles. The number of alkyl halides is 1. The quantitative estimate of drug-likeness (QED) is 0.702. The molecule has 90 valence electrons. The van der Waals surface area contributed by atoms with Gasteiger partial charge in [-0.1, -0.05) is 40.5 Å². The Morgan fingerprint density at radius 1 is 1.38 bits per heavy atom. The van der Waals surface area contributed by atoms with Crippen molar-refractivity contribution >= 4 is 33.2 Å². The topological polar surface area (TPSA) is 3.24 Å². The van der Waals surface area contributed by atoms with Gasteiger partial charge in [-0.3, -0.25) is 0 Å². The van der Waals surface area contributed by atoms with Crippen LogP contribution in [0.2, 0.25) is 5.02 Å². The van der Waals surface area contributed by atoms with E-state index < -0.39 is 0 Å². The van der Waals surface area contributed by atoms with Crippen molar-refractivity contribution in [1.29, 1.82) is 0 Å². The van der Waals surface area contributed by atoms with E-state index in [1.165, 1.54) is 11.3 Å². The standard InChI is InChI=1S/C13H19BrClN/c1-4-10(3)16(5-2)13-8-12(15)7-6-11(13)9-14/h6-8,10H,4-5,9H2,1-3H3. The Morgan fingerprint density at radius 3 is 2.56 bits per heavy atom. The van der Waals surface area contributed by atoms with E-state index in [4.69, 9.17) is 11.6 Å². The average molecular weight is 305 g/mol. The number of hydrogen-bond acceptors (Lipinski definition) is 1. The predicted octanol–water partition coefficient (Wildman–Crippen LogP) is 4.86. The Kier molecular flexibility index (Phi) is 5.63. The van der Waals surface area contributed by atoms with E-state index in [-0.39, 0.29) is 0 Å². The molecule has 0 saturated carbocycles. The van der Waals surface area contributed by atoms with Crippen LogP contribution in [-0.4, -0.2) is 12.6 Å². The van der Waals surface area contributed by atoms with Crippen LogP contribution in [0.4, 0.5) is 5.69 Å². The van der Waals surface area contributed by atoms with Gasteiger partial charge in [0.1, 0.15) is 0 Å². The molecule has 0 spiro atoms. The fourth-order valence-corrected chi connectivity index (χ4v) is 2.50. The maximum Gasteiger partial charge on any atom is 0.0426 e. The third kappa shape index (κ3) is 3.14. The lowest BCUT2D eigenvalue weighted by molar-refractivity contribution is 0.628. The first-order valence-corrected chi connectivity index (χ1v) is 7.25. The van der Waals surface area contributed by atoms with Gasteiger partial charge < -0.3 is 4.90 Å². The Balaban J connectivity index is 3.11. The molecule has 0 amide bonds. The third-order valence-electron chi connectivity index (χ3n) is 2.96. The molecule has 1 rings (SSSR count). The van der Waals surface area contributed by atoms with Crippen molar-refractivity contribution in [3.63, 3.8) is 0 Å². The van der Waals surface area contributed by atoms with Crippen molar-refractivity contribution in [2.75, 3.05) is 11.4 Å². The molecule has 0 saturated heterocycles. The van der Waals surface area contributed by atoms with Crippen LogP contribution >= 0.6 is 27.5 Å². The van der Waals surface area contributed by atoms with Crippen molar-refractivity contribution < 1.29 is 0 Å². The van der Waals surface area contributed by atoms with Crippen LogP contribution in [-0.2, 0) is 5.33 Å². The summed E-state index contributed by atoms with van der Waals surface area (Å²) in [4.78, 5) is 2.41. The first-order valence-electron chi connectivity index (χ1n) is 5.75.